The van der Waals surface area contributed by atoms with Crippen molar-refractivity contribution in [1.82, 2.24) is 14.1 Å². The standard InChI is InChI=1S/C95H74N4OSi2/c1-68-60-93(96-66-87(68)69-32-12-5-13-33-69)99-88-54-27-26-52-85(88)86-58-57-76(65-90(86)99)100-75-38-30-37-74(64-75)97-67-98(89-59-56-71(63-91(89)97)70-34-29-51-83(62-70)101(77-39-14-6-15-40-77,78-41-16-7-17-42-78)79-43-18-8-19-44-79)94-84(72-35-28-36-73(61-72)95(2,3)4)53-31-55-92(94)102(80-45-20-9-21-46-80,81-47-22-10-23-48-81)82-49-24-11-25-50-82/h5-66H,1-4H3/i1D3,5D,6D,7D,8D,9D,10D,11D,12D,13D,14D,15D,16D,17D,18D,19D,20D,21D,22D,23D,24D,25D,29D,32D,33D,34D,39D,40D,41D,42D,43D,44D,45D,46D,47D,48D,49D,50D,51D,62D. The molecule has 3 aromatic heterocycles. The molecule has 5 nitrogen and oxygen atoms in total. The van der Waals surface area contributed by atoms with E-state index in [9.17, 15) is 38.4 Å². The molecule has 0 aliphatic rings. The van der Waals surface area contributed by atoms with Gasteiger partial charge in [-0.3, -0.25) is 13.7 Å². The summed E-state index contributed by atoms with van der Waals surface area (Å²) >= 11 is 0. The molecule has 17 aromatic rings. The van der Waals surface area contributed by atoms with Crippen LogP contribution in [0.5, 0.6) is 11.5 Å². The molecule has 0 aliphatic carbocycles. The minimum absolute atomic E-state index is 0.0114. The summed E-state index contributed by atoms with van der Waals surface area (Å²) in [5.41, 5.74) is -2.15. The summed E-state index contributed by atoms with van der Waals surface area (Å²) < 4.78 is 410. The van der Waals surface area contributed by atoms with E-state index in [4.69, 9.17) is 28.9 Å². The Bertz CT molecular complexity index is 8000. The third-order valence-electron chi connectivity index (χ3n) is 17.7. The molecule has 0 saturated carbocycles. The van der Waals surface area contributed by atoms with Crippen LogP contribution in [0, 0.1) is 13.2 Å². The highest BCUT2D eigenvalue weighted by molar-refractivity contribution is 7.20. The molecule has 14 aromatic carbocycles. The number of para-hydroxylation sites is 2. The number of pyridine rings is 1. The Balaban J connectivity index is 1.04. The van der Waals surface area contributed by atoms with Gasteiger partial charge in [-0.1, -0.05) is 335 Å². The van der Waals surface area contributed by atoms with Crippen LogP contribution in [0.2, 0.25) is 0 Å². The lowest BCUT2D eigenvalue weighted by atomic mass is 9.85. The molecule has 0 fully saturated rings. The molecule has 0 aliphatic heterocycles. The third-order valence-corrected chi connectivity index (χ3v) is 26.0. The van der Waals surface area contributed by atoms with Crippen LogP contribution in [0.25, 0.3) is 83.4 Å². The van der Waals surface area contributed by atoms with Gasteiger partial charge in [-0.05, 0) is 141 Å². The molecule has 0 amide bonds. The first kappa shape index (κ1) is 32.4. The molecule has 102 heavy (non-hydrogen) atoms. The molecule has 0 unspecified atom stereocenters. The van der Waals surface area contributed by atoms with Crippen molar-refractivity contribution in [2.45, 2.75) is 33.0 Å². The van der Waals surface area contributed by atoms with Gasteiger partial charge in [0, 0.05) is 32.7 Å². The molecule has 0 radical (unpaired) electrons. The fourth-order valence-corrected chi connectivity index (χ4v) is 20.7. The van der Waals surface area contributed by atoms with E-state index >= 15 is 0 Å². The first-order valence-corrected chi connectivity index (χ1v) is 35.7. The summed E-state index contributed by atoms with van der Waals surface area (Å²) in [4.78, 5) is 4.72. The molecule has 0 bridgehead atoms. The number of ether oxygens (including phenoxy) is 1. The highest BCUT2D eigenvalue weighted by atomic mass is 28.3. The summed E-state index contributed by atoms with van der Waals surface area (Å²) in [5, 5.41) is -6.62. The normalized spacial score (nSPS) is 17.8. The van der Waals surface area contributed by atoms with Gasteiger partial charge in [0.1, 0.15) is 17.3 Å². The second-order valence-corrected chi connectivity index (χ2v) is 31.5. The van der Waals surface area contributed by atoms with Gasteiger partial charge in [0.05, 0.1) is 86.9 Å². The lowest BCUT2D eigenvalue weighted by molar-refractivity contribution is -0.570. The summed E-state index contributed by atoms with van der Waals surface area (Å²) in [7, 11) is -12.9. The maximum atomic E-state index is 11.0. The van der Waals surface area contributed by atoms with E-state index in [1.807, 2.05) is 20.8 Å². The van der Waals surface area contributed by atoms with Crippen LogP contribution >= 0.6 is 0 Å². The Labute approximate surface area is 657 Å². The zero-order valence-corrected chi connectivity index (χ0v) is 56.0. The zero-order valence-electron chi connectivity index (χ0n) is 96.0. The van der Waals surface area contributed by atoms with Crippen LogP contribution in [-0.2, 0) is 5.41 Å². The van der Waals surface area contributed by atoms with Crippen LogP contribution in [0.15, 0.2) is 375 Å². The van der Waals surface area contributed by atoms with Crippen LogP contribution in [0.4, 0.5) is 0 Å². The van der Waals surface area contributed by atoms with Gasteiger partial charge in [-0.25, -0.2) is 4.98 Å². The Hall–Kier alpha value is -12.3. The van der Waals surface area contributed by atoms with Gasteiger partial charge in [0.2, 0.25) is 0 Å². The van der Waals surface area contributed by atoms with E-state index in [2.05, 4.69) is 6.33 Å². The first-order chi connectivity index (χ1) is 67.5. The van der Waals surface area contributed by atoms with Crippen molar-refractivity contribution in [2.75, 3.05) is 0 Å². The van der Waals surface area contributed by atoms with E-state index in [1.165, 1.54) is 75.9 Å². The molecule has 0 atom stereocenters. The number of rotatable bonds is 16. The van der Waals surface area contributed by atoms with Crippen LogP contribution < -0.4 is 50.8 Å². The number of fused-ring (bicyclic) bond motifs is 4. The summed E-state index contributed by atoms with van der Waals surface area (Å²) in [6.45, 7) is 2.63. The first-order valence-electron chi connectivity index (χ1n) is 52.7. The average Bonchev–Trinajstić information content (AvgIpc) is 0.921. The van der Waals surface area contributed by atoms with Crippen molar-refractivity contribution >= 4 is 90.5 Å². The number of aromatic nitrogens is 4. The van der Waals surface area contributed by atoms with Crippen molar-refractivity contribution in [3.63, 3.8) is 0 Å². The molecule has 17 rings (SSSR count). The van der Waals surface area contributed by atoms with Gasteiger partial charge in [0.25, 0.3) is 6.33 Å². The lowest BCUT2D eigenvalue weighted by Gasteiger charge is -2.37. The largest absolute Gasteiger partial charge is 0.458 e. The monoisotopic (exact) mass is 1380 g/mol. The topological polar surface area (TPSA) is 35.9 Å². The van der Waals surface area contributed by atoms with E-state index in [0.717, 1.165) is 6.20 Å². The van der Waals surface area contributed by atoms with E-state index in [-0.39, 0.29) is 56.4 Å². The number of hydrogen-bond donors (Lipinski definition) is 0. The minimum atomic E-state index is -6.56. The quantitative estimate of drug-likeness (QED) is 0.0418. The third kappa shape index (κ3) is 11.1. The number of aryl methyl sites for hydroxylation is 1. The van der Waals surface area contributed by atoms with Crippen LogP contribution in [0.1, 0.15) is 89.5 Å². The Morgan fingerprint density at radius 1 is 0.422 bits per heavy atom. The van der Waals surface area contributed by atoms with Crippen LogP contribution in [-0.4, -0.2) is 30.3 Å². The molecular formula is C95H74N4OSi2. The fourth-order valence-electron chi connectivity index (χ4n) is 13.2. The molecule has 3 heterocycles. The average molecular weight is 1390 g/mol. The minimum Gasteiger partial charge on any atom is -0.458 e. The Morgan fingerprint density at radius 2 is 0.971 bits per heavy atom. The fraction of sp³-hybridized carbons (Fsp3) is 0.0526. The zero-order chi connectivity index (χ0) is 105. The van der Waals surface area contributed by atoms with Crippen molar-refractivity contribution < 1.29 is 66.9 Å². The van der Waals surface area contributed by atoms with Crippen molar-refractivity contribution in [1.29, 1.82) is 0 Å². The molecule has 7 heteroatoms. The SMILES string of the molecule is [2H]c1c([2H])c([2H])c(-c2cnc(-n3c4ccccc4c4ccc(Oc5cccc(-n6[c-][n+](-c7c(-c8cccc(C(C)(C)C)c8)cccc7[Si](c7c([2H])c([2H])c([2H])c([2H])c7[2H])(c7c([2H])c([2H])c([2H])c([2H])c7[2H])c7c([2H])c([2H])c([2H])c([2H])c7[2H])c7ccc(-c8c([2H])c([2H])c([2H])c([Si](c9c([2H])c([2H])c([2H])c([2H])c9[2H])(c9c([2H])c([2H])c([2H])c([2H])c9[2H])c9c([2H])c([2H])c([2H])c([2H])c9[2H])c8[2H])cc76)c5)cc43)cc2C([2H])([2H])[2H])c([2H])c1[2H]. The molecule has 0 saturated heterocycles. The maximum absolute atomic E-state index is 11.0. The highest BCUT2D eigenvalue weighted by Gasteiger charge is 2.45. The van der Waals surface area contributed by atoms with E-state index < -0.39 is 328 Å². The van der Waals surface area contributed by atoms with E-state index in [1.54, 1.807) is 71.3 Å². The molecule has 488 valence electrons. The number of benzene rings is 14. The van der Waals surface area contributed by atoms with Crippen LogP contribution in [0.3, 0.4) is 0 Å². The van der Waals surface area contributed by atoms with Crippen molar-refractivity contribution in [3.8, 4) is 62.1 Å². The van der Waals surface area contributed by atoms with Gasteiger partial charge in [0.15, 0.2) is 16.1 Å². The number of imidazole rings is 1. The van der Waals surface area contributed by atoms with Gasteiger partial charge < -0.3 is 4.74 Å². The van der Waals surface area contributed by atoms with E-state index in [0.29, 0.717) is 27.4 Å². The lowest BCUT2D eigenvalue weighted by Crippen LogP contribution is -2.76. The Kier molecular flexibility index (Phi) is 8.39. The van der Waals surface area contributed by atoms with Gasteiger partial charge >= 0.3 is 0 Å². The molecule has 0 N–H and O–H groups in total. The predicted molar refractivity (Wildman–Crippen MR) is 429 cm³/mol. The smallest absolute Gasteiger partial charge is 0.269 e. The summed E-state index contributed by atoms with van der Waals surface area (Å²) in [6.07, 6.45) is 4.52. The molecular weight excluding hydrogens is 1270 g/mol. The second-order valence-electron chi connectivity index (χ2n) is 24.5. The summed E-state index contributed by atoms with van der Waals surface area (Å²) in [6, 6.07) is -9.62. The summed E-state index contributed by atoms with van der Waals surface area (Å²) in [5.74, 6) is -0.00842. The second kappa shape index (κ2) is 26.4. The van der Waals surface area contributed by atoms with Gasteiger partial charge in [-0.2, -0.15) is 0 Å². The maximum Gasteiger partial charge on any atom is 0.269 e. The Morgan fingerprint density at radius 3 is 1.59 bits per heavy atom. The van der Waals surface area contributed by atoms with Crippen molar-refractivity contribution in [3.05, 3.63) is 393 Å². The molecule has 0 spiro atoms. The van der Waals surface area contributed by atoms with Gasteiger partial charge in [-0.15, -0.1) is 0 Å². The van der Waals surface area contributed by atoms with Crippen molar-refractivity contribution in [2.24, 2.45) is 0 Å². The number of hydrogen-bond acceptors (Lipinski definition) is 2. The number of nitrogens with zero attached hydrogens (tertiary/aromatic N) is 4. The predicted octanol–water partition coefficient (Wildman–Crippen LogP) is 17.4. The highest BCUT2D eigenvalue weighted by Crippen LogP contribution is 2.38.